The number of aldehydes is 1. The van der Waals surface area contributed by atoms with Gasteiger partial charge in [0.15, 0.2) is 6.29 Å². The monoisotopic (exact) mass is 438 g/mol. The maximum atomic E-state index is 11.2. The summed E-state index contributed by atoms with van der Waals surface area (Å²) in [5.74, 6) is 2.15. The van der Waals surface area contributed by atoms with Crippen LogP contribution in [0.5, 0.6) is 11.5 Å². The van der Waals surface area contributed by atoms with Crippen LogP contribution in [0.3, 0.4) is 0 Å². The first-order valence-electron chi connectivity index (χ1n) is 10.4. The van der Waals surface area contributed by atoms with Crippen LogP contribution in [0.2, 0.25) is 5.02 Å². The van der Waals surface area contributed by atoms with Gasteiger partial charge in [0.2, 0.25) is 0 Å². The molecule has 0 N–H and O–H groups in total. The molecule has 1 aliphatic rings. The molecule has 0 radical (unpaired) electrons. The standard InChI is InChI=1S/C24H27ClN4O2/c1-27(2)20-10-11-29(14-20)15-24-26-13-22(28(24)3)17-5-8-21(9-6-17)31-23-12-19(25)7-4-18(23)16-30/h4-9,12-13,16,20H,10-11,14-15H2,1-3H3/t20-/m0/s1. The molecule has 162 valence electrons. The van der Waals surface area contributed by atoms with E-state index in [0.29, 0.717) is 28.1 Å². The molecule has 4 rings (SSSR count). The molecule has 0 spiro atoms. The Bertz CT molecular complexity index is 1060. The van der Waals surface area contributed by atoms with Gasteiger partial charge in [-0.2, -0.15) is 0 Å². The number of ether oxygens (including phenoxy) is 1. The van der Waals surface area contributed by atoms with Crippen LogP contribution in [0, 0.1) is 0 Å². The van der Waals surface area contributed by atoms with Gasteiger partial charge in [-0.1, -0.05) is 11.6 Å². The highest BCUT2D eigenvalue weighted by Crippen LogP contribution is 2.30. The third kappa shape index (κ3) is 4.82. The fourth-order valence-corrected chi connectivity index (χ4v) is 4.12. The van der Waals surface area contributed by atoms with E-state index in [2.05, 4.69) is 40.5 Å². The predicted octanol–water partition coefficient (Wildman–Crippen LogP) is 4.48. The predicted molar refractivity (Wildman–Crippen MR) is 123 cm³/mol. The molecule has 0 unspecified atom stereocenters. The van der Waals surface area contributed by atoms with Crippen LogP contribution in [-0.2, 0) is 13.6 Å². The second-order valence-electron chi connectivity index (χ2n) is 8.19. The molecular weight excluding hydrogens is 412 g/mol. The summed E-state index contributed by atoms with van der Waals surface area (Å²) in [6, 6.07) is 13.4. The maximum Gasteiger partial charge on any atom is 0.153 e. The molecule has 1 aromatic heterocycles. The van der Waals surface area contributed by atoms with Crippen LogP contribution in [0.4, 0.5) is 0 Å². The van der Waals surface area contributed by atoms with Gasteiger partial charge in [0.25, 0.3) is 0 Å². The lowest BCUT2D eigenvalue weighted by Gasteiger charge is -2.20. The number of carbonyl (C=O) groups is 1. The van der Waals surface area contributed by atoms with Crippen LogP contribution in [0.25, 0.3) is 11.3 Å². The highest BCUT2D eigenvalue weighted by atomic mass is 35.5. The van der Waals surface area contributed by atoms with Gasteiger partial charge < -0.3 is 14.2 Å². The van der Waals surface area contributed by atoms with E-state index in [4.69, 9.17) is 16.3 Å². The Balaban J connectivity index is 1.46. The molecule has 1 saturated heterocycles. The summed E-state index contributed by atoms with van der Waals surface area (Å²) < 4.78 is 8.03. The molecule has 7 heteroatoms. The average Bonchev–Trinajstić information content (AvgIpc) is 3.37. The minimum Gasteiger partial charge on any atom is -0.457 e. The van der Waals surface area contributed by atoms with Gasteiger partial charge in [-0.3, -0.25) is 9.69 Å². The Kier molecular flexibility index (Phi) is 6.41. The maximum absolute atomic E-state index is 11.2. The SMILES string of the molecule is CN(C)[C@H]1CCN(Cc2ncc(-c3ccc(Oc4cc(Cl)ccc4C=O)cc3)n2C)C1. The van der Waals surface area contributed by atoms with Crippen LogP contribution >= 0.6 is 11.6 Å². The number of nitrogens with zero attached hydrogens (tertiary/aromatic N) is 4. The van der Waals surface area contributed by atoms with Gasteiger partial charge in [0, 0.05) is 42.8 Å². The highest BCUT2D eigenvalue weighted by molar-refractivity contribution is 6.30. The first-order chi connectivity index (χ1) is 14.9. The highest BCUT2D eigenvalue weighted by Gasteiger charge is 2.25. The van der Waals surface area contributed by atoms with E-state index in [1.165, 1.54) is 6.42 Å². The third-order valence-electron chi connectivity index (χ3n) is 5.91. The van der Waals surface area contributed by atoms with Crippen LogP contribution in [0.1, 0.15) is 22.6 Å². The number of likely N-dealkylation sites (N-methyl/N-ethyl adjacent to an activating group) is 1. The van der Waals surface area contributed by atoms with Crippen molar-refractivity contribution in [2.45, 2.75) is 19.0 Å². The number of hydrogen-bond donors (Lipinski definition) is 0. The normalized spacial score (nSPS) is 16.7. The minimum atomic E-state index is 0.444. The molecule has 6 nitrogen and oxygen atoms in total. The molecule has 1 aliphatic heterocycles. The van der Waals surface area contributed by atoms with E-state index < -0.39 is 0 Å². The number of halogens is 1. The fraction of sp³-hybridized carbons (Fsp3) is 0.333. The summed E-state index contributed by atoms with van der Waals surface area (Å²) in [6.07, 6.45) is 3.88. The van der Waals surface area contributed by atoms with E-state index in [1.807, 2.05) is 30.5 Å². The largest absolute Gasteiger partial charge is 0.457 e. The first kappa shape index (κ1) is 21.6. The second-order valence-corrected chi connectivity index (χ2v) is 8.62. The number of imidazole rings is 1. The summed E-state index contributed by atoms with van der Waals surface area (Å²) in [4.78, 5) is 20.7. The zero-order valence-corrected chi connectivity index (χ0v) is 18.8. The van der Waals surface area contributed by atoms with Crippen molar-refractivity contribution in [3.63, 3.8) is 0 Å². The van der Waals surface area contributed by atoms with Gasteiger partial charge in [-0.05, 0) is 56.9 Å². The molecule has 1 fully saturated rings. The van der Waals surface area contributed by atoms with E-state index in [9.17, 15) is 4.79 Å². The molecule has 1 atom stereocenters. The number of rotatable bonds is 7. The Hall–Kier alpha value is -2.67. The lowest BCUT2D eigenvalue weighted by atomic mass is 10.1. The van der Waals surface area contributed by atoms with Crippen molar-refractivity contribution in [2.75, 3.05) is 27.2 Å². The summed E-state index contributed by atoms with van der Waals surface area (Å²) in [6.45, 7) is 3.03. The van der Waals surface area contributed by atoms with Gasteiger partial charge in [-0.25, -0.2) is 4.98 Å². The second kappa shape index (κ2) is 9.22. The molecule has 2 heterocycles. The summed E-state index contributed by atoms with van der Waals surface area (Å²) in [7, 11) is 6.35. The summed E-state index contributed by atoms with van der Waals surface area (Å²) >= 11 is 6.04. The zero-order chi connectivity index (χ0) is 22.0. The molecule has 0 aliphatic carbocycles. The third-order valence-corrected chi connectivity index (χ3v) is 6.14. The molecule has 0 amide bonds. The Morgan fingerprint density at radius 3 is 2.68 bits per heavy atom. The summed E-state index contributed by atoms with van der Waals surface area (Å²) in [5, 5.41) is 0.523. The molecule has 31 heavy (non-hydrogen) atoms. The van der Waals surface area contributed by atoms with Crippen molar-refractivity contribution < 1.29 is 9.53 Å². The van der Waals surface area contributed by atoms with Crippen molar-refractivity contribution in [3.05, 3.63) is 65.1 Å². The molecule has 0 saturated carbocycles. The van der Waals surface area contributed by atoms with E-state index >= 15 is 0 Å². The Morgan fingerprint density at radius 2 is 2.00 bits per heavy atom. The topological polar surface area (TPSA) is 50.6 Å². The smallest absolute Gasteiger partial charge is 0.153 e. The Morgan fingerprint density at radius 1 is 1.23 bits per heavy atom. The molecule has 2 aromatic carbocycles. The van der Waals surface area contributed by atoms with Crippen molar-refractivity contribution in [1.82, 2.24) is 19.4 Å². The molecular formula is C24H27ClN4O2. The lowest BCUT2D eigenvalue weighted by molar-refractivity contribution is 0.112. The number of benzene rings is 2. The fourth-order valence-electron chi connectivity index (χ4n) is 3.95. The number of carbonyl (C=O) groups excluding carboxylic acids is 1. The summed E-state index contributed by atoms with van der Waals surface area (Å²) in [5.41, 5.74) is 2.58. The quantitative estimate of drug-likeness (QED) is 0.509. The number of aromatic nitrogens is 2. The van der Waals surface area contributed by atoms with Crippen molar-refractivity contribution in [2.24, 2.45) is 7.05 Å². The van der Waals surface area contributed by atoms with Gasteiger partial charge >= 0.3 is 0 Å². The molecule has 0 bridgehead atoms. The average molecular weight is 439 g/mol. The number of likely N-dealkylation sites (tertiary alicyclic amines) is 1. The van der Waals surface area contributed by atoms with Crippen molar-refractivity contribution in [3.8, 4) is 22.8 Å². The molecule has 3 aromatic rings. The minimum absolute atomic E-state index is 0.444. The number of hydrogen-bond acceptors (Lipinski definition) is 5. The van der Waals surface area contributed by atoms with Gasteiger partial charge in [0.05, 0.1) is 24.0 Å². The Labute approximate surface area is 188 Å². The zero-order valence-electron chi connectivity index (χ0n) is 18.1. The van der Waals surface area contributed by atoms with Gasteiger partial charge in [0.1, 0.15) is 17.3 Å². The van der Waals surface area contributed by atoms with E-state index in [1.54, 1.807) is 18.2 Å². The van der Waals surface area contributed by atoms with E-state index in [-0.39, 0.29) is 0 Å². The van der Waals surface area contributed by atoms with E-state index in [0.717, 1.165) is 43.0 Å². The van der Waals surface area contributed by atoms with Crippen LogP contribution in [0.15, 0.2) is 48.7 Å². The lowest BCUT2D eigenvalue weighted by Crippen LogP contribution is -2.31. The van der Waals surface area contributed by atoms with Crippen LogP contribution < -0.4 is 4.74 Å². The first-order valence-corrected chi connectivity index (χ1v) is 10.7. The van der Waals surface area contributed by atoms with Crippen LogP contribution in [-0.4, -0.2) is 58.9 Å². The van der Waals surface area contributed by atoms with Crippen molar-refractivity contribution >= 4 is 17.9 Å². The van der Waals surface area contributed by atoms with Crippen molar-refractivity contribution in [1.29, 1.82) is 0 Å². The van der Waals surface area contributed by atoms with Gasteiger partial charge in [-0.15, -0.1) is 0 Å².